The highest BCUT2D eigenvalue weighted by Crippen LogP contribution is 2.40. The highest BCUT2D eigenvalue weighted by Gasteiger charge is 2.45. The molecule has 158 valence electrons. The van der Waals surface area contributed by atoms with Gasteiger partial charge < -0.3 is 0 Å². The molecule has 2 aromatic carbocycles. The topological polar surface area (TPSA) is 93.1 Å². The van der Waals surface area contributed by atoms with E-state index in [4.69, 9.17) is 23.2 Å². The highest BCUT2D eigenvalue weighted by molar-refractivity contribution is 7.14. The van der Waals surface area contributed by atoms with Crippen LogP contribution in [0.1, 0.15) is 18.4 Å². The number of hydrogen-bond donors (Lipinski definition) is 0. The van der Waals surface area contributed by atoms with Crippen molar-refractivity contribution < 1.29 is 4.79 Å². The quantitative estimate of drug-likeness (QED) is 0.454. The fourth-order valence-electron chi connectivity index (χ4n) is 3.70. The number of benzene rings is 2. The molecule has 0 saturated heterocycles. The smallest absolute Gasteiger partial charge is 0.259 e. The molecule has 3 aromatic rings. The minimum absolute atomic E-state index is 0.324. The van der Waals surface area contributed by atoms with Crippen molar-refractivity contribution in [3.63, 3.8) is 0 Å². The molecule has 2 heterocycles. The Kier molecular flexibility index (Phi) is 6.25. The largest absolute Gasteiger partial charge is 0.272 e. The summed E-state index contributed by atoms with van der Waals surface area (Å²) < 4.78 is 0. The van der Waals surface area contributed by atoms with Crippen LogP contribution >= 0.6 is 34.5 Å². The first-order chi connectivity index (χ1) is 15.4. The lowest BCUT2D eigenvalue weighted by atomic mass is 9.76. The van der Waals surface area contributed by atoms with Crippen molar-refractivity contribution in [2.24, 2.45) is 16.9 Å². The third-order valence-corrected chi connectivity index (χ3v) is 6.57. The van der Waals surface area contributed by atoms with E-state index in [1.165, 1.54) is 16.3 Å². The second-order valence-electron chi connectivity index (χ2n) is 7.20. The van der Waals surface area contributed by atoms with Crippen molar-refractivity contribution in [2.75, 3.05) is 5.01 Å². The van der Waals surface area contributed by atoms with Gasteiger partial charge >= 0.3 is 0 Å². The molecule has 0 saturated carbocycles. The fraction of sp³-hybridized carbons (Fsp3) is 0.174. The Labute approximate surface area is 198 Å². The molecule has 2 atom stereocenters. The van der Waals surface area contributed by atoms with Crippen molar-refractivity contribution in [2.45, 2.75) is 12.8 Å². The average Bonchev–Trinajstić information content (AvgIpc) is 3.38. The second-order valence-corrected chi connectivity index (χ2v) is 8.91. The summed E-state index contributed by atoms with van der Waals surface area (Å²) in [5.41, 5.74) is 2.77. The molecule has 0 spiro atoms. The Hall–Kier alpha value is -3.23. The van der Waals surface area contributed by atoms with Crippen LogP contribution in [0, 0.1) is 34.5 Å². The van der Waals surface area contributed by atoms with Gasteiger partial charge in [0, 0.05) is 32.6 Å². The molecule has 1 amide bonds. The van der Waals surface area contributed by atoms with Crippen LogP contribution < -0.4 is 5.01 Å². The normalized spacial score (nSPS) is 16.6. The summed E-state index contributed by atoms with van der Waals surface area (Å²) in [5.74, 6) is -2.80. The maximum Gasteiger partial charge on any atom is 0.259 e. The van der Waals surface area contributed by atoms with Gasteiger partial charge in [-0.3, -0.25) is 4.79 Å². The van der Waals surface area contributed by atoms with Gasteiger partial charge in [-0.15, -0.1) is 11.3 Å². The Balaban J connectivity index is 1.68. The van der Waals surface area contributed by atoms with Crippen molar-refractivity contribution in [3.8, 4) is 23.4 Å². The number of amides is 1. The van der Waals surface area contributed by atoms with E-state index >= 15 is 0 Å². The molecule has 1 aromatic heterocycles. The molecule has 32 heavy (non-hydrogen) atoms. The molecule has 0 radical (unpaired) electrons. The zero-order chi connectivity index (χ0) is 22.8. The van der Waals surface area contributed by atoms with E-state index in [0.29, 0.717) is 32.1 Å². The maximum absolute atomic E-state index is 13.4. The van der Waals surface area contributed by atoms with Crippen LogP contribution in [0.15, 0.2) is 59.0 Å². The molecule has 6 nitrogen and oxygen atoms in total. The summed E-state index contributed by atoms with van der Waals surface area (Å²) in [5, 5.41) is 28.3. The van der Waals surface area contributed by atoms with Crippen LogP contribution in [0.5, 0.6) is 0 Å². The van der Waals surface area contributed by atoms with Gasteiger partial charge in [-0.25, -0.2) is 4.98 Å². The molecule has 0 bridgehead atoms. The Bertz CT molecular complexity index is 1260. The fourth-order valence-corrected chi connectivity index (χ4v) is 4.74. The van der Waals surface area contributed by atoms with E-state index in [1.54, 1.807) is 43.3 Å². The standard InChI is InChI=1S/C23H15Cl2N5OS/c1-13-20(21(16(10-26)11-27)15-4-8-18(25)9-5-15)22(31)30(29-13)23-28-19(12-32-23)14-2-6-17(24)7-3-14/h2-9,12,16,20-21H,1H3/t20-,21-/m0/s1. The number of carbonyl (C=O) groups is 1. The zero-order valence-electron chi connectivity index (χ0n) is 16.7. The highest BCUT2D eigenvalue weighted by atomic mass is 35.5. The van der Waals surface area contributed by atoms with E-state index in [0.717, 1.165) is 5.56 Å². The predicted molar refractivity (Wildman–Crippen MR) is 126 cm³/mol. The molecule has 0 N–H and O–H groups in total. The van der Waals surface area contributed by atoms with E-state index < -0.39 is 17.8 Å². The van der Waals surface area contributed by atoms with Gasteiger partial charge in [0.2, 0.25) is 5.13 Å². The predicted octanol–water partition coefficient (Wildman–Crippen LogP) is 5.90. The van der Waals surface area contributed by atoms with Gasteiger partial charge in [-0.1, -0.05) is 47.5 Å². The molecule has 1 aliphatic rings. The number of aromatic nitrogens is 1. The molecule has 4 rings (SSSR count). The Morgan fingerprint density at radius 3 is 2.22 bits per heavy atom. The summed E-state index contributed by atoms with van der Waals surface area (Å²) >= 11 is 13.2. The summed E-state index contributed by atoms with van der Waals surface area (Å²) in [6.45, 7) is 1.73. The van der Waals surface area contributed by atoms with Crippen molar-refractivity contribution in [3.05, 3.63) is 69.5 Å². The number of hydrazone groups is 1. The van der Waals surface area contributed by atoms with E-state index in [1.807, 2.05) is 29.7 Å². The first-order valence-electron chi connectivity index (χ1n) is 9.58. The van der Waals surface area contributed by atoms with Crippen LogP contribution in [0.4, 0.5) is 5.13 Å². The summed E-state index contributed by atoms with van der Waals surface area (Å²) in [7, 11) is 0. The van der Waals surface area contributed by atoms with Crippen LogP contribution in [-0.4, -0.2) is 16.6 Å². The Morgan fingerprint density at radius 2 is 1.62 bits per heavy atom. The molecule has 0 unspecified atom stereocenters. The SMILES string of the molecule is CC1=NN(c2nc(-c3ccc(Cl)cc3)cs2)C(=O)[C@@H]1[C@@H](c1ccc(Cl)cc1)C(C#N)C#N. The van der Waals surface area contributed by atoms with Gasteiger partial charge in [0.25, 0.3) is 5.91 Å². The van der Waals surface area contributed by atoms with Gasteiger partial charge in [-0.05, 0) is 36.8 Å². The van der Waals surface area contributed by atoms with Crippen molar-refractivity contribution in [1.82, 2.24) is 4.98 Å². The van der Waals surface area contributed by atoms with Gasteiger partial charge in [0.15, 0.2) is 0 Å². The molecule has 1 aliphatic heterocycles. The van der Waals surface area contributed by atoms with Gasteiger partial charge in [0.1, 0.15) is 5.92 Å². The number of rotatable bonds is 5. The minimum atomic E-state index is -1.03. The number of carbonyl (C=O) groups excluding carboxylic acids is 1. The van der Waals surface area contributed by atoms with Crippen LogP contribution in [-0.2, 0) is 4.79 Å². The second kappa shape index (κ2) is 9.10. The minimum Gasteiger partial charge on any atom is -0.272 e. The van der Waals surface area contributed by atoms with Gasteiger partial charge in [0.05, 0.1) is 23.8 Å². The number of nitriles is 2. The molecule has 0 aliphatic carbocycles. The first-order valence-corrected chi connectivity index (χ1v) is 11.2. The third-order valence-electron chi connectivity index (χ3n) is 5.25. The first kappa shape index (κ1) is 22.0. The summed E-state index contributed by atoms with van der Waals surface area (Å²) in [4.78, 5) is 18.0. The third kappa shape index (κ3) is 4.11. The zero-order valence-corrected chi connectivity index (χ0v) is 19.1. The molecule has 9 heteroatoms. The number of thiazole rings is 1. The van der Waals surface area contributed by atoms with E-state index in [-0.39, 0.29) is 5.91 Å². The van der Waals surface area contributed by atoms with Gasteiger partial charge in [-0.2, -0.15) is 20.6 Å². The monoisotopic (exact) mass is 479 g/mol. The van der Waals surface area contributed by atoms with Crippen LogP contribution in [0.25, 0.3) is 11.3 Å². The number of anilines is 1. The summed E-state index contributed by atoms with van der Waals surface area (Å²) in [6, 6.07) is 18.1. The molecular weight excluding hydrogens is 465 g/mol. The summed E-state index contributed by atoms with van der Waals surface area (Å²) in [6.07, 6.45) is 0. The molecule has 0 fully saturated rings. The lowest BCUT2D eigenvalue weighted by Crippen LogP contribution is -2.34. The van der Waals surface area contributed by atoms with Crippen molar-refractivity contribution >= 4 is 51.3 Å². The van der Waals surface area contributed by atoms with E-state index in [2.05, 4.69) is 10.1 Å². The lowest BCUT2D eigenvalue weighted by molar-refractivity contribution is -0.120. The van der Waals surface area contributed by atoms with Crippen molar-refractivity contribution in [1.29, 1.82) is 10.5 Å². The van der Waals surface area contributed by atoms with E-state index in [9.17, 15) is 15.3 Å². The van der Waals surface area contributed by atoms with Crippen LogP contribution in [0.2, 0.25) is 10.0 Å². The maximum atomic E-state index is 13.4. The number of halogens is 2. The Morgan fingerprint density at radius 1 is 1.03 bits per heavy atom. The average molecular weight is 480 g/mol. The molecular formula is C23H15Cl2N5OS. The number of nitrogens with zero attached hydrogens (tertiary/aromatic N) is 5. The number of hydrogen-bond acceptors (Lipinski definition) is 6. The lowest BCUT2D eigenvalue weighted by Gasteiger charge is -2.24. The van der Waals surface area contributed by atoms with Crippen LogP contribution in [0.3, 0.4) is 0 Å².